The highest BCUT2D eigenvalue weighted by Gasteiger charge is 2.34. The van der Waals surface area contributed by atoms with Gasteiger partial charge >= 0.3 is 0 Å². The molecule has 2 heterocycles. The maximum atomic E-state index is 14.0. The highest BCUT2D eigenvalue weighted by Crippen LogP contribution is 2.25. The molecule has 3 rings (SSSR count). The second kappa shape index (κ2) is 8.64. The zero-order valence-corrected chi connectivity index (χ0v) is 15.5. The van der Waals surface area contributed by atoms with Crippen molar-refractivity contribution in [2.75, 3.05) is 26.2 Å². The Bertz CT molecular complexity index is 864. The number of nitrogens with two attached hydrogens (primary N) is 1. The molecule has 0 aliphatic carbocycles. The van der Waals surface area contributed by atoms with E-state index in [-0.39, 0.29) is 36.9 Å². The van der Waals surface area contributed by atoms with E-state index in [4.69, 9.17) is 10.3 Å². The van der Waals surface area contributed by atoms with Crippen LogP contribution in [0.1, 0.15) is 23.3 Å². The van der Waals surface area contributed by atoms with Gasteiger partial charge in [-0.05, 0) is 24.3 Å². The summed E-state index contributed by atoms with van der Waals surface area (Å²) < 4.78 is 46.0. The van der Waals surface area contributed by atoms with E-state index in [1.165, 1.54) is 30.3 Å². The number of carbonyl (C=O) groups is 2. The van der Waals surface area contributed by atoms with Gasteiger partial charge in [-0.25, -0.2) is 13.2 Å². The van der Waals surface area contributed by atoms with E-state index in [1.54, 1.807) is 4.90 Å². The number of benzene rings is 1. The normalized spacial score (nSPS) is 15.1. The number of hydrogen-bond donors (Lipinski definition) is 2. The maximum Gasteiger partial charge on any atom is 0.273 e. The third-order valence-corrected chi connectivity index (χ3v) is 4.80. The van der Waals surface area contributed by atoms with Gasteiger partial charge in [-0.15, -0.1) is 0 Å². The van der Waals surface area contributed by atoms with Crippen LogP contribution in [0.15, 0.2) is 34.9 Å². The van der Waals surface area contributed by atoms with Gasteiger partial charge in [0.25, 0.3) is 11.8 Å². The molecule has 1 aromatic carbocycles. The van der Waals surface area contributed by atoms with Crippen molar-refractivity contribution >= 4 is 11.8 Å². The van der Waals surface area contributed by atoms with Crippen molar-refractivity contribution in [2.45, 2.75) is 18.8 Å². The van der Waals surface area contributed by atoms with Crippen molar-refractivity contribution in [3.8, 4) is 11.3 Å². The lowest BCUT2D eigenvalue weighted by Crippen LogP contribution is -2.53. The Morgan fingerprint density at radius 1 is 1.24 bits per heavy atom. The highest BCUT2D eigenvalue weighted by atomic mass is 19.3. The lowest BCUT2D eigenvalue weighted by atomic mass is 9.99. The van der Waals surface area contributed by atoms with Crippen LogP contribution in [0, 0.1) is 11.7 Å². The van der Waals surface area contributed by atoms with Gasteiger partial charge in [0.15, 0.2) is 11.5 Å². The molecule has 1 aliphatic heterocycles. The average molecular weight is 410 g/mol. The summed E-state index contributed by atoms with van der Waals surface area (Å²) in [5, 5.41) is 6.01. The first-order valence-corrected chi connectivity index (χ1v) is 9.14. The monoisotopic (exact) mass is 410 g/mol. The molecule has 10 heteroatoms. The number of alkyl halides is 2. The van der Waals surface area contributed by atoms with E-state index < -0.39 is 30.0 Å². The molecule has 7 nitrogen and oxygen atoms in total. The van der Waals surface area contributed by atoms with Crippen molar-refractivity contribution in [3.63, 3.8) is 0 Å². The van der Waals surface area contributed by atoms with Crippen molar-refractivity contribution in [1.29, 1.82) is 0 Å². The molecule has 0 atom stereocenters. The van der Waals surface area contributed by atoms with Gasteiger partial charge < -0.3 is 20.5 Å². The first kappa shape index (κ1) is 20.8. The number of primary amides is 1. The Kier molecular flexibility index (Phi) is 6.21. The summed E-state index contributed by atoms with van der Waals surface area (Å²) in [7, 11) is 0. The Hall–Kier alpha value is -2.88. The minimum absolute atomic E-state index is 0.0503. The van der Waals surface area contributed by atoms with Crippen LogP contribution in [0.3, 0.4) is 0 Å². The topological polar surface area (TPSA) is 101 Å². The SMILES string of the molecule is NC(=O)C1CN(CCC(F)(F)CCNC(=O)c2cc(-c3ccc(F)cc3)on2)C1. The molecule has 2 amide bonds. The maximum absolute atomic E-state index is 14.0. The fraction of sp³-hybridized carbons (Fsp3) is 0.421. The summed E-state index contributed by atoms with van der Waals surface area (Å²) in [5.74, 6) is -4.40. The van der Waals surface area contributed by atoms with Gasteiger partial charge in [0.05, 0.1) is 5.92 Å². The molecule has 0 bridgehead atoms. The van der Waals surface area contributed by atoms with E-state index in [9.17, 15) is 22.8 Å². The lowest BCUT2D eigenvalue weighted by Gasteiger charge is -2.38. The molecule has 0 radical (unpaired) electrons. The molecule has 3 N–H and O–H groups in total. The fourth-order valence-electron chi connectivity index (χ4n) is 2.96. The van der Waals surface area contributed by atoms with Crippen molar-refractivity contribution in [3.05, 3.63) is 41.8 Å². The van der Waals surface area contributed by atoms with Crippen LogP contribution in [0.5, 0.6) is 0 Å². The fourth-order valence-corrected chi connectivity index (χ4v) is 2.96. The summed E-state index contributed by atoms with van der Waals surface area (Å²) in [6.45, 7) is 0.749. The van der Waals surface area contributed by atoms with Crippen LogP contribution < -0.4 is 11.1 Å². The van der Waals surface area contributed by atoms with Crippen molar-refractivity contribution in [1.82, 2.24) is 15.4 Å². The van der Waals surface area contributed by atoms with E-state index >= 15 is 0 Å². The largest absolute Gasteiger partial charge is 0.369 e. The van der Waals surface area contributed by atoms with Crippen molar-refractivity contribution in [2.24, 2.45) is 11.7 Å². The molecule has 29 heavy (non-hydrogen) atoms. The number of amides is 2. The lowest BCUT2D eigenvalue weighted by molar-refractivity contribution is -0.127. The third kappa shape index (κ3) is 5.57. The third-order valence-electron chi connectivity index (χ3n) is 4.80. The number of aromatic nitrogens is 1. The number of carbonyl (C=O) groups excluding carboxylic acids is 2. The van der Waals surface area contributed by atoms with Crippen LogP contribution in [0.4, 0.5) is 13.2 Å². The Morgan fingerprint density at radius 3 is 2.59 bits per heavy atom. The molecular formula is C19H21F3N4O3. The first-order chi connectivity index (χ1) is 13.7. The molecule has 0 saturated carbocycles. The number of halogens is 3. The quantitative estimate of drug-likeness (QED) is 0.659. The molecule has 1 aliphatic rings. The van der Waals surface area contributed by atoms with E-state index in [2.05, 4.69) is 10.5 Å². The number of nitrogens with zero attached hydrogens (tertiary/aromatic N) is 2. The second-order valence-corrected chi connectivity index (χ2v) is 7.05. The summed E-state index contributed by atoms with van der Waals surface area (Å²) in [6.07, 6.45) is -0.887. The summed E-state index contributed by atoms with van der Waals surface area (Å²) in [6, 6.07) is 6.80. The molecular weight excluding hydrogens is 389 g/mol. The number of rotatable bonds is 9. The number of likely N-dealkylation sites (tertiary alicyclic amines) is 1. The molecule has 1 fully saturated rings. The minimum Gasteiger partial charge on any atom is -0.369 e. The van der Waals surface area contributed by atoms with Gasteiger partial charge in [0.1, 0.15) is 5.82 Å². The molecule has 0 spiro atoms. The Morgan fingerprint density at radius 2 is 1.93 bits per heavy atom. The molecule has 1 saturated heterocycles. The Balaban J connectivity index is 1.41. The average Bonchev–Trinajstić information content (AvgIpc) is 3.10. The summed E-state index contributed by atoms with van der Waals surface area (Å²) in [4.78, 5) is 24.7. The smallest absolute Gasteiger partial charge is 0.273 e. The predicted molar refractivity (Wildman–Crippen MR) is 97.5 cm³/mol. The summed E-state index contributed by atoms with van der Waals surface area (Å²) >= 11 is 0. The van der Waals surface area contributed by atoms with E-state index in [0.717, 1.165) is 0 Å². The van der Waals surface area contributed by atoms with Crippen LogP contribution in [0.25, 0.3) is 11.3 Å². The van der Waals surface area contributed by atoms with Crippen LogP contribution in [-0.4, -0.2) is 54.0 Å². The van der Waals surface area contributed by atoms with E-state index in [1.807, 2.05) is 0 Å². The predicted octanol–water partition coefficient (Wildman–Crippen LogP) is 2.04. The van der Waals surface area contributed by atoms with Gasteiger partial charge in [-0.3, -0.25) is 9.59 Å². The van der Waals surface area contributed by atoms with E-state index in [0.29, 0.717) is 18.7 Å². The molecule has 0 unspecified atom stereocenters. The van der Waals surface area contributed by atoms with Crippen LogP contribution in [0.2, 0.25) is 0 Å². The minimum atomic E-state index is -2.95. The summed E-state index contributed by atoms with van der Waals surface area (Å²) in [5.41, 5.74) is 5.63. The van der Waals surface area contributed by atoms with Gasteiger partial charge in [0.2, 0.25) is 5.91 Å². The second-order valence-electron chi connectivity index (χ2n) is 7.05. The number of nitrogens with one attached hydrogen (secondary N) is 1. The van der Waals surface area contributed by atoms with Gasteiger partial charge in [-0.1, -0.05) is 5.16 Å². The van der Waals surface area contributed by atoms with Crippen molar-refractivity contribution < 1.29 is 27.3 Å². The van der Waals surface area contributed by atoms with Gasteiger partial charge in [-0.2, -0.15) is 0 Å². The number of hydrogen-bond acceptors (Lipinski definition) is 5. The molecule has 1 aromatic heterocycles. The zero-order chi connectivity index (χ0) is 21.0. The molecule has 156 valence electrons. The first-order valence-electron chi connectivity index (χ1n) is 9.14. The van der Waals surface area contributed by atoms with Crippen LogP contribution >= 0.6 is 0 Å². The standard InChI is InChI=1S/C19H21F3N4O3/c20-14-3-1-12(2-4-14)16-9-15(25-29-16)18(28)24-7-5-19(21,22)6-8-26-10-13(11-26)17(23)27/h1-4,9,13H,5-8,10-11H2,(H2,23,27)(H,24,28). The Labute approximate surface area is 165 Å². The highest BCUT2D eigenvalue weighted by molar-refractivity contribution is 5.93. The zero-order valence-electron chi connectivity index (χ0n) is 15.5. The molecule has 2 aromatic rings. The van der Waals surface area contributed by atoms with Gasteiger partial charge in [0, 0.05) is 50.7 Å². The van der Waals surface area contributed by atoms with Crippen LogP contribution in [-0.2, 0) is 4.79 Å².